The predicted molar refractivity (Wildman–Crippen MR) is 67.0 cm³/mol. The molecule has 1 aromatic rings. The molecule has 2 atom stereocenters. The lowest BCUT2D eigenvalue weighted by Gasteiger charge is -2.38. The minimum Gasteiger partial charge on any atom is -0.365 e. The van der Waals surface area contributed by atoms with E-state index in [1.54, 1.807) is 12.1 Å². The van der Waals surface area contributed by atoms with Crippen LogP contribution in [0.2, 0.25) is 5.02 Å². The number of hydrogen-bond acceptors (Lipinski definition) is 2. The van der Waals surface area contributed by atoms with Crippen molar-refractivity contribution in [3.8, 4) is 0 Å². The lowest BCUT2D eigenvalue weighted by molar-refractivity contribution is -0.123. The second kappa shape index (κ2) is 4.65. The summed E-state index contributed by atoms with van der Waals surface area (Å²) < 4.78 is 13.8. The zero-order chi connectivity index (χ0) is 12.6. The molecule has 17 heavy (non-hydrogen) atoms. The molecule has 2 nitrogen and oxygen atoms in total. The van der Waals surface area contributed by atoms with Crippen molar-refractivity contribution in [3.05, 3.63) is 29.0 Å². The molecule has 1 aliphatic heterocycles. The van der Waals surface area contributed by atoms with Gasteiger partial charge < -0.3 is 4.90 Å². The number of piperidine rings is 1. The van der Waals surface area contributed by atoms with Crippen molar-refractivity contribution >= 4 is 23.1 Å². The van der Waals surface area contributed by atoms with Crippen LogP contribution in [0.4, 0.5) is 10.1 Å². The average Bonchev–Trinajstić information content (AvgIpc) is 2.28. The van der Waals surface area contributed by atoms with Gasteiger partial charge in [0, 0.05) is 29.9 Å². The quantitative estimate of drug-likeness (QED) is 0.768. The number of hydrogen-bond donors (Lipinski definition) is 0. The van der Waals surface area contributed by atoms with Gasteiger partial charge in [-0.15, -0.1) is 0 Å². The van der Waals surface area contributed by atoms with Crippen molar-refractivity contribution in [1.82, 2.24) is 0 Å². The SMILES string of the molecule is CC1C(=O)CCN(c2ccc(Cl)cc2F)C1C. The fraction of sp³-hybridized carbons (Fsp3) is 0.462. The molecular formula is C13H15ClFNO. The predicted octanol–water partition coefficient (Wildman–Crippen LogP) is 3.28. The van der Waals surface area contributed by atoms with Crippen molar-refractivity contribution in [3.63, 3.8) is 0 Å². The van der Waals surface area contributed by atoms with Crippen molar-refractivity contribution in [2.75, 3.05) is 11.4 Å². The number of ketones is 1. The van der Waals surface area contributed by atoms with Crippen LogP contribution in [0, 0.1) is 11.7 Å². The smallest absolute Gasteiger partial charge is 0.147 e. The summed E-state index contributed by atoms with van der Waals surface area (Å²) in [6, 6.07) is 4.68. The van der Waals surface area contributed by atoms with Gasteiger partial charge in [0.15, 0.2) is 0 Å². The number of rotatable bonds is 1. The second-order valence-corrected chi connectivity index (χ2v) is 4.97. The van der Waals surface area contributed by atoms with E-state index >= 15 is 0 Å². The molecule has 92 valence electrons. The zero-order valence-electron chi connectivity index (χ0n) is 9.91. The Morgan fingerprint density at radius 2 is 2.12 bits per heavy atom. The largest absolute Gasteiger partial charge is 0.365 e. The summed E-state index contributed by atoms with van der Waals surface area (Å²) in [4.78, 5) is 13.5. The van der Waals surface area contributed by atoms with Crippen LogP contribution in [0.1, 0.15) is 20.3 Å². The minimum absolute atomic E-state index is 0.0203. The van der Waals surface area contributed by atoms with Gasteiger partial charge in [-0.3, -0.25) is 4.79 Å². The van der Waals surface area contributed by atoms with Gasteiger partial charge in [0.25, 0.3) is 0 Å². The monoisotopic (exact) mass is 255 g/mol. The molecule has 1 saturated heterocycles. The molecule has 0 aromatic heterocycles. The lowest BCUT2D eigenvalue weighted by atomic mass is 9.90. The van der Waals surface area contributed by atoms with Gasteiger partial charge in [0.05, 0.1) is 5.69 Å². The van der Waals surface area contributed by atoms with Crippen LogP contribution in [0.5, 0.6) is 0 Å². The van der Waals surface area contributed by atoms with E-state index in [1.807, 2.05) is 18.7 Å². The molecule has 2 rings (SSSR count). The van der Waals surface area contributed by atoms with Crippen LogP contribution >= 0.6 is 11.6 Å². The van der Waals surface area contributed by atoms with E-state index in [2.05, 4.69) is 0 Å². The van der Waals surface area contributed by atoms with Crippen LogP contribution in [0.15, 0.2) is 18.2 Å². The van der Waals surface area contributed by atoms with E-state index in [1.165, 1.54) is 6.07 Å². The summed E-state index contributed by atoms with van der Waals surface area (Å²) in [7, 11) is 0. The number of nitrogens with zero attached hydrogens (tertiary/aromatic N) is 1. The van der Waals surface area contributed by atoms with E-state index in [-0.39, 0.29) is 23.6 Å². The van der Waals surface area contributed by atoms with Crippen LogP contribution in [-0.2, 0) is 4.79 Å². The summed E-state index contributed by atoms with van der Waals surface area (Å²) in [5.41, 5.74) is 0.529. The van der Waals surface area contributed by atoms with Gasteiger partial charge in [-0.25, -0.2) is 4.39 Å². The highest BCUT2D eigenvalue weighted by Crippen LogP contribution is 2.30. The minimum atomic E-state index is -0.328. The lowest BCUT2D eigenvalue weighted by Crippen LogP contribution is -2.47. The summed E-state index contributed by atoms with van der Waals surface area (Å²) >= 11 is 5.73. The zero-order valence-corrected chi connectivity index (χ0v) is 10.7. The topological polar surface area (TPSA) is 20.3 Å². The van der Waals surface area contributed by atoms with E-state index in [9.17, 15) is 9.18 Å². The molecule has 0 radical (unpaired) electrons. The van der Waals surface area contributed by atoms with Gasteiger partial charge in [0.2, 0.25) is 0 Å². The van der Waals surface area contributed by atoms with Crippen molar-refractivity contribution < 1.29 is 9.18 Å². The van der Waals surface area contributed by atoms with Gasteiger partial charge in [0.1, 0.15) is 11.6 Å². The van der Waals surface area contributed by atoms with Crippen LogP contribution in [0.3, 0.4) is 0 Å². The highest BCUT2D eigenvalue weighted by atomic mass is 35.5. The third-order valence-electron chi connectivity index (χ3n) is 3.54. The number of Topliss-reactive ketones (excluding diaryl/α,β-unsaturated/α-hetero) is 1. The van der Waals surface area contributed by atoms with E-state index in [4.69, 9.17) is 11.6 Å². The second-order valence-electron chi connectivity index (χ2n) is 4.53. The Kier molecular flexibility index (Phi) is 3.38. The molecule has 0 N–H and O–H groups in total. The normalized spacial score (nSPS) is 25.2. The van der Waals surface area contributed by atoms with Crippen LogP contribution < -0.4 is 4.90 Å². The fourth-order valence-corrected chi connectivity index (χ4v) is 2.41. The molecule has 0 saturated carbocycles. The number of carbonyl (C=O) groups excluding carboxylic acids is 1. The third-order valence-corrected chi connectivity index (χ3v) is 3.78. The maximum atomic E-state index is 13.8. The number of anilines is 1. The highest BCUT2D eigenvalue weighted by Gasteiger charge is 2.31. The van der Waals surface area contributed by atoms with Gasteiger partial charge in [-0.05, 0) is 25.1 Å². The fourth-order valence-electron chi connectivity index (χ4n) is 2.25. The van der Waals surface area contributed by atoms with Crippen LogP contribution in [-0.4, -0.2) is 18.4 Å². The van der Waals surface area contributed by atoms with Gasteiger partial charge in [-0.1, -0.05) is 18.5 Å². The van der Waals surface area contributed by atoms with Crippen molar-refractivity contribution in [1.29, 1.82) is 0 Å². The molecule has 0 aliphatic carbocycles. The number of halogens is 2. The number of carbonyl (C=O) groups is 1. The molecule has 0 amide bonds. The first kappa shape index (κ1) is 12.4. The molecule has 1 aromatic carbocycles. The Morgan fingerprint density at radius 3 is 2.76 bits per heavy atom. The third kappa shape index (κ3) is 2.29. The first-order valence-electron chi connectivity index (χ1n) is 5.75. The summed E-state index contributed by atoms with van der Waals surface area (Å²) in [5, 5.41) is 0.389. The Labute approximate surface area is 105 Å². The maximum Gasteiger partial charge on any atom is 0.147 e. The molecule has 2 unspecified atom stereocenters. The standard InChI is InChI=1S/C13H15ClFNO/c1-8-9(2)16(6-5-13(8)17)12-4-3-10(14)7-11(12)15/h3-4,7-9H,5-6H2,1-2H3. The first-order valence-corrected chi connectivity index (χ1v) is 6.13. The van der Waals surface area contributed by atoms with Gasteiger partial charge >= 0.3 is 0 Å². The molecule has 1 heterocycles. The van der Waals surface area contributed by atoms with Crippen molar-refractivity contribution in [2.45, 2.75) is 26.3 Å². The molecular weight excluding hydrogens is 241 g/mol. The molecule has 4 heteroatoms. The summed E-state index contributed by atoms with van der Waals surface area (Å²) in [6.07, 6.45) is 0.480. The maximum absolute atomic E-state index is 13.8. The Hall–Kier alpha value is -1.09. The molecule has 0 bridgehead atoms. The Morgan fingerprint density at radius 1 is 1.41 bits per heavy atom. The first-order chi connectivity index (χ1) is 8.00. The van der Waals surface area contributed by atoms with Crippen LogP contribution in [0.25, 0.3) is 0 Å². The van der Waals surface area contributed by atoms with Gasteiger partial charge in [-0.2, -0.15) is 0 Å². The Bertz CT molecular complexity index is 449. The molecule has 1 fully saturated rings. The molecule has 1 aliphatic rings. The summed E-state index contributed by atoms with van der Waals surface area (Å²) in [6.45, 7) is 4.42. The van der Waals surface area contributed by atoms with E-state index in [0.29, 0.717) is 23.7 Å². The van der Waals surface area contributed by atoms with E-state index < -0.39 is 0 Å². The average molecular weight is 256 g/mol. The van der Waals surface area contributed by atoms with E-state index in [0.717, 1.165) is 0 Å². The number of benzene rings is 1. The molecule has 0 spiro atoms. The highest BCUT2D eigenvalue weighted by molar-refractivity contribution is 6.30. The Balaban J connectivity index is 2.31. The van der Waals surface area contributed by atoms with Crippen molar-refractivity contribution in [2.24, 2.45) is 5.92 Å². The summed E-state index contributed by atoms with van der Waals surface area (Å²) in [5.74, 6) is -0.132.